The maximum Gasteiger partial charge on any atom is 0.242 e. The first-order chi connectivity index (χ1) is 10.3. The Balaban J connectivity index is 1.64. The van der Waals surface area contributed by atoms with Crippen molar-refractivity contribution >= 4 is 5.91 Å². The van der Waals surface area contributed by atoms with Crippen LogP contribution in [-0.4, -0.2) is 43.6 Å². The van der Waals surface area contributed by atoms with E-state index in [-0.39, 0.29) is 5.91 Å². The maximum atomic E-state index is 12.5. The van der Waals surface area contributed by atoms with Gasteiger partial charge in [-0.15, -0.1) is 0 Å². The molecule has 0 aliphatic carbocycles. The predicted molar refractivity (Wildman–Crippen MR) is 78.7 cm³/mol. The average Bonchev–Trinajstić information content (AvgIpc) is 3.18. The van der Waals surface area contributed by atoms with Gasteiger partial charge in [-0.05, 0) is 18.9 Å². The Kier molecular flexibility index (Phi) is 4.03. The van der Waals surface area contributed by atoms with Gasteiger partial charge < -0.3 is 9.47 Å². The van der Waals surface area contributed by atoms with Crippen molar-refractivity contribution < 1.29 is 4.79 Å². The number of carbonyl (C=O) groups excluding carboxylic acids is 1. The van der Waals surface area contributed by atoms with Crippen molar-refractivity contribution in [3.63, 3.8) is 0 Å². The van der Waals surface area contributed by atoms with Crippen LogP contribution in [0.2, 0.25) is 0 Å². The number of rotatable bonds is 4. The Hall–Kier alpha value is -2.11. The van der Waals surface area contributed by atoms with E-state index in [1.807, 2.05) is 21.7 Å². The highest BCUT2D eigenvalue weighted by Gasteiger charge is 2.25. The van der Waals surface area contributed by atoms with Crippen LogP contribution in [0.4, 0.5) is 0 Å². The number of H-pyrrole nitrogens is 1. The minimum absolute atomic E-state index is 0.173. The number of amides is 1. The molecule has 21 heavy (non-hydrogen) atoms. The number of aromatic amines is 1. The Morgan fingerprint density at radius 3 is 3.14 bits per heavy atom. The number of imidazole rings is 1. The maximum absolute atomic E-state index is 12.5. The lowest BCUT2D eigenvalue weighted by Crippen LogP contribution is -2.41. The predicted octanol–water partition coefficient (Wildman–Crippen LogP) is 1.57. The third kappa shape index (κ3) is 2.99. The molecule has 0 aromatic carbocycles. The molecule has 1 N–H and O–H groups in total. The van der Waals surface area contributed by atoms with Crippen molar-refractivity contribution in [3.05, 3.63) is 36.2 Å². The zero-order valence-electron chi connectivity index (χ0n) is 12.3. The molecule has 0 bridgehead atoms. The largest absolute Gasteiger partial charge is 0.340 e. The molecule has 1 fully saturated rings. The minimum Gasteiger partial charge on any atom is -0.340 e. The van der Waals surface area contributed by atoms with Crippen LogP contribution in [0.25, 0.3) is 0 Å². The van der Waals surface area contributed by atoms with Gasteiger partial charge >= 0.3 is 0 Å². The van der Waals surface area contributed by atoms with Gasteiger partial charge in [-0.3, -0.25) is 9.89 Å². The highest BCUT2D eigenvalue weighted by molar-refractivity contribution is 5.76. The monoisotopic (exact) mass is 287 g/mol. The van der Waals surface area contributed by atoms with E-state index in [0.29, 0.717) is 12.5 Å². The molecule has 6 nitrogen and oxygen atoms in total. The van der Waals surface area contributed by atoms with Crippen molar-refractivity contribution in [2.24, 2.45) is 0 Å². The number of piperidine rings is 1. The van der Waals surface area contributed by atoms with Crippen LogP contribution in [0.15, 0.2) is 24.7 Å². The standard InChI is InChI=1S/C15H21N5O/c1-2-14-16-7-9-19(14)11-15(21)20-8-3-4-12(10-20)13-5-6-17-18-13/h5-7,9,12H,2-4,8,10-11H2,1H3,(H,17,18). The van der Waals surface area contributed by atoms with Gasteiger partial charge in [-0.2, -0.15) is 5.10 Å². The third-order valence-electron chi connectivity index (χ3n) is 4.16. The molecular formula is C15H21N5O. The summed E-state index contributed by atoms with van der Waals surface area (Å²) >= 11 is 0. The zero-order chi connectivity index (χ0) is 14.7. The first-order valence-electron chi connectivity index (χ1n) is 7.55. The zero-order valence-corrected chi connectivity index (χ0v) is 12.3. The summed E-state index contributed by atoms with van der Waals surface area (Å²) in [7, 11) is 0. The number of aromatic nitrogens is 4. The van der Waals surface area contributed by atoms with Crippen molar-refractivity contribution in [1.29, 1.82) is 0 Å². The smallest absolute Gasteiger partial charge is 0.242 e. The molecule has 1 saturated heterocycles. The fourth-order valence-electron chi connectivity index (χ4n) is 3.00. The highest BCUT2D eigenvalue weighted by Crippen LogP contribution is 2.25. The number of nitrogens with zero attached hydrogens (tertiary/aromatic N) is 4. The fourth-order valence-corrected chi connectivity index (χ4v) is 3.00. The molecule has 1 atom stereocenters. The van der Waals surface area contributed by atoms with Gasteiger partial charge in [0.2, 0.25) is 5.91 Å². The molecule has 1 aliphatic rings. The van der Waals surface area contributed by atoms with Crippen molar-refractivity contribution in [1.82, 2.24) is 24.6 Å². The summed E-state index contributed by atoms with van der Waals surface area (Å²) < 4.78 is 1.95. The molecule has 3 heterocycles. The number of aryl methyl sites for hydroxylation is 1. The van der Waals surface area contributed by atoms with E-state index >= 15 is 0 Å². The number of hydrogen-bond donors (Lipinski definition) is 1. The molecule has 2 aromatic heterocycles. The molecule has 1 amide bonds. The van der Waals surface area contributed by atoms with E-state index in [1.54, 1.807) is 12.4 Å². The number of hydrogen-bond acceptors (Lipinski definition) is 3. The van der Waals surface area contributed by atoms with Gasteiger partial charge in [0.1, 0.15) is 12.4 Å². The van der Waals surface area contributed by atoms with Crippen LogP contribution in [-0.2, 0) is 17.8 Å². The average molecular weight is 287 g/mol. The summed E-state index contributed by atoms with van der Waals surface area (Å²) in [6.07, 6.45) is 8.41. The second-order valence-corrected chi connectivity index (χ2v) is 5.52. The lowest BCUT2D eigenvalue weighted by atomic mass is 9.95. The van der Waals surface area contributed by atoms with E-state index < -0.39 is 0 Å². The third-order valence-corrected chi connectivity index (χ3v) is 4.16. The molecule has 0 spiro atoms. The molecular weight excluding hydrogens is 266 g/mol. The molecule has 0 saturated carbocycles. The lowest BCUT2D eigenvalue weighted by Gasteiger charge is -2.32. The van der Waals surface area contributed by atoms with Crippen LogP contribution in [0.5, 0.6) is 0 Å². The highest BCUT2D eigenvalue weighted by atomic mass is 16.2. The molecule has 2 aromatic rings. The lowest BCUT2D eigenvalue weighted by molar-refractivity contribution is -0.133. The Labute approximate surface area is 124 Å². The van der Waals surface area contributed by atoms with Crippen molar-refractivity contribution in [2.75, 3.05) is 13.1 Å². The second-order valence-electron chi connectivity index (χ2n) is 5.52. The van der Waals surface area contributed by atoms with E-state index in [0.717, 1.165) is 43.9 Å². The van der Waals surface area contributed by atoms with Crippen LogP contribution in [0.3, 0.4) is 0 Å². The molecule has 6 heteroatoms. The Morgan fingerprint density at radius 1 is 1.48 bits per heavy atom. The molecule has 1 aliphatic heterocycles. The summed E-state index contributed by atoms with van der Waals surface area (Å²) in [4.78, 5) is 18.7. The quantitative estimate of drug-likeness (QED) is 0.928. The van der Waals surface area contributed by atoms with Gasteiger partial charge in [-0.25, -0.2) is 4.98 Å². The SMILES string of the molecule is CCc1nccn1CC(=O)N1CCCC(c2ccn[nH]2)C1. The summed E-state index contributed by atoms with van der Waals surface area (Å²) in [5, 5.41) is 7.04. The van der Waals surface area contributed by atoms with E-state index in [9.17, 15) is 4.79 Å². The van der Waals surface area contributed by atoms with E-state index in [2.05, 4.69) is 22.1 Å². The van der Waals surface area contributed by atoms with Crippen molar-refractivity contribution in [3.8, 4) is 0 Å². The van der Waals surface area contributed by atoms with Crippen molar-refractivity contribution in [2.45, 2.75) is 38.6 Å². The van der Waals surface area contributed by atoms with Gasteiger partial charge in [0.15, 0.2) is 0 Å². The fraction of sp³-hybridized carbons (Fsp3) is 0.533. The molecule has 112 valence electrons. The number of carbonyl (C=O) groups is 1. The summed E-state index contributed by atoms with van der Waals surface area (Å²) in [6, 6.07) is 2.00. The summed E-state index contributed by atoms with van der Waals surface area (Å²) in [6.45, 7) is 4.06. The van der Waals surface area contributed by atoms with Gasteiger partial charge in [-0.1, -0.05) is 6.92 Å². The first kappa shape index (κ1) is 13.9. The summed E-state index contributed by atoms with van der Waals surface area (Å²) in [5.74, 6) is 1.51. The molecule has 3 rings (SSSR count). The molecule has 0 radical (unpaired) electrons. The van der Waals surface area contributed by atoms with E-state index in [4.69, 9.17) is 0 Å². The second kappa shape index (κ2) is 6.11. The van der Waals surface area contributed by atoms with Gasteiger partial charge in [0.25, 0.3) is 0 Å². The normalized spacial score (nSPS) is 18.9. The Morgan fingerprint density at radius 2 is 2.38 bits per heavy atom. The number of nitrogens with one attached hydrogen (secondary N) is 1. The Bertz CT molecular complexity index is 589. The minimum atomic E-state index is 0.173. The van der Waals surface area contributed by atoms with Gasteiger partial charge in [0, 0.05) is 49.7 Å². The summed E-state index contributed by atoms with van der Waals surface area (Å²) in [5.41, 5.74) is 1.13. The molecule has 1 unspecified atom stereocenters. The van der Waals surface area contributed by atoms with Crippen LogP contribution >= 0.6 is 0 Å². The van der Waals surface area contributed by atoms with Crippen LogP contribution in [0.1, 0.15) is 37.2 Å². The van der Waals surface area contributed by atoms with E-state index in [1.165, 1.54) is 0 Å². The topological polar surface area (TPSA) is 66.8 Å². The van der Waals surface area contributed by atoms with Gasteiger partial charge in [0.05, 0.1) is 0 Å². The first-order valence-corrected chi connectivity index (χ1v) is 7.55. The van der Waals surface area contributed by atoms with Crippen LogP contribution in [0, 0.1) is 0 Å². The number of likely N-dealkylation sites (tertiary alicyclic amines) is 1. The van der Waals surface area contributed by atoms with Crippen LogP contribution < -0.4 is 0 Å².